The Morgan fingerprint density at radius 1 is 1.08 bits per heavy atom. The summed E-state index contributed by atoms with van der Waals surface area (Å²) in [7, 11) is 0. The fourth-order valence-corrected chi connectivity index (χ4v) is 3.85. The van der Waals surface area contributed by atoms with Crippen LogP contribution in [0.25, 0.3) is 0 Å². The molecular weight excluding hydrogens is 340 g/mol. The van der Waals surface area contributed by atoms with E-state index < -0.39 is 0 Å². The summed E-state index contributed by atoms with van der Waals surface area (Å²) in [5.41, 5.74) is 3.75. The Bertz CT molecular complexity index is 860. The molecule has 0 aliphatic carbocycles. The first kappa shape index (κ1) is 16.8. The van der Waals surface area contributed by atoms with E-state index in [0.29, 0.717) is 0 Å². The van der Waals surface area contributed by atoms with Crippen molar-refractivity contribution in [1.82, 2.24) is 19.8 Å². The van der Waals surface area contributed by atoms with E-state index >= 15 is 0 Å². The molecule has 0 radical (unpaired) electrons. The minimum atomic E-state index is 0.101. The molecule has 26 heavy (non-hydrogen) atoms. The summed E-state index contributed by atoms with van der Waals surface area (Å²) in [4.78, 5) is 6.60. The van der Waals surface area contributed by atoms with E-state index in [2.05, 4.69) is 68.4 Å². The van der Waals surface area contributed by atoms with Gasteiger partial charge < -0.3 is 14.8 Å². The van der Waals surface area contributed by atoms with Crippen LogP contribution in [0, 0.1) is 0 Å². The molecule has 4 nitrogen and oxygen atoms in total. The van der Waals surface area contributed by atoms with Crippen LogP contribution in [-0.4, -0.2) is 32.7 Å². The number of hydrogen-bond acceptors (Lipinski definition) is 2. The van der Waals surface area contributed by atoms with E-state index in [0.717, 1.165) is 31.2 Å². The van der Waals surface area contributed by atoms with Crippen LogP contribution in [0.2, 0.25) is 0 Å². The van der Waals surface area contributed by atoms with Crippen LogP contribution >= 0.6 is 12.2 Å². The molecule has 1 aliphatic heterocycles. The average Bonchev–Trinajstić information content (AvgIpc) is 3.17. The Labute approximate surface area is 159 Å². The second-order valence-electron chi connectivity index (χ2n) is 6.48. The summed E-state index contributed by atoms with van der Waals surface area (Å²) >= 11 is 5.75. The number of nitrogens with one attached hydrogen (secondary N) is 1. The van der Waals surface area contributed by atoms with Gasteiger partial charge in [-0.25, -0.2) is 0 Å². The predicted octanol–water partition coefficient (Wildman–Crippen LogP) is 3.41. The molecule has 0 fully saturated rings. The molecule has 5 heteroatoms. The van der Waals surface area contributed by atoms with E-state index in [1.54, 1.807) is 0 Å². The van der Waals surface area contributed by atoms with Crippen LogP contribution in [0.5, 0.6) is 0 Å². The van der Waals surface area contributed by atoms with Gasteiger partial charge in [-0.2, -0.15) is 0 Å². The van der Waals surface area contributed by atoms with E-state index in [1.807, 2.05) is 24.5 Å². The zero-order valence-electron chi connectivity index (χ0n) is 14.6. The number of pyridine rings is 1. The van der Waals surface area contributed by atoms with Crippen molar-refractivity contribution in [2.45, 2.75) is 19.0 Å². The van der Waals surface area contributed by atoms with Crippen molar-refractivity contribution in [2.24, 2.45) is 0 Å². The van der Waals surface area contributed by atoms with Gasteiger partial charge in [-0.05, 0) is 48.0 Å². The van der Waals surface area contributed by atoms with Gasteiger partial charge in [0.2, 0.25) is 0 Å². The number of nitrogens with zero attached hydrogens (tertiary/aromatic N) is 3. The summed E-state index contributed by atoms with van der Waals surface area (Å²) in [6.45, 7) is 2.66. The smallest absolute Gasteiger partial charge is 0.169 e. The average molecular weight is 363 g/mol. The molecule has 0 amide bonds. The monoisotopic (exact) mass is 362 g/mol. The Morgan fingerprint density at radius 3 is 2.77 bits per heavy atom. The normalized spacial score (nSPS) is 16.2. The number of benzene rings is 1. The third-order valence-corrected chi connectivity index (χ3v) is 5.21. The molecule has 0 spiro atoms. The zero-order valence-corrected chi connectivity index (χ0v) is 15.4. The lowest BCUT2D eigenvalue weighted by Gasteiger charge is -2.39. The lowest BCUT2D eigenvalue weighted by molar-refractivity contribution is 0.286. The Balaban J connectivity index is 1.50. The molecule has 4 rings (SSSR count). The van der Waals surface area contributed by atoms with Gasteiger partial charge in [-0.1, -0.05) is 36.4 Å². The van der Waals surface area contributed by atoms with Crippen LogP contribution in [-0.2, 0) is 13.0 Å². The molecule has 132 valence electrons. The van der Waals surface area contributed by atoms with Crippen LogP contribution < -0.4 is 5.32 Å². The highest BCUT2D eigenvalue weighted by Gasteiger charge is 2.30. The van der Waals surface area contributed by atoms with Crippen LogP contribution in [0.15, 0.2) is 73.2 Å². The largest absolute Gasteiger partial charge is 0.362 e. The van der Waals surface area contributed by atoms with Gasteiger partial charge in [0.05, 0.1) is 6.04 Å². The van der Waals surface area contributed by atoms with E-state index in [9.17, 15) is 0 Å². The molecule has 0 unspecified atom stereocenters. The van der Waals surface area contributed by atoms with Crippen molar-refractivity contribution in [1.29, 1.82) is 0 Å². The SMILES string of the molecule is S=C(NCCc1ccccc1)N1CCn2cccc2[C@@H]1c1cccnc1. The maximum absolute atomic E-state index is 5.75. The molecule has 1 aromatic carbocycles. The molecular formula is C21H22N4S. The van der Waals surface area contributed by atoms with Crippen molar-refractivity contribution >= 4 is 17.3 Å². The lowest BCUT2D eigenvalue weighted by atomic mass is 10.0. The highest BCUT2D eigenvalue weighted by atomic mass is 32.1. The number of rotatable bonds is 4. The maximum atomic E-state index is 5.75. The van der Waals surface area contributed by atoms with Crippen LogP contribution in [0.3, 0.4) is 0 Å². The second-order valence-corrected chi connectivity index (χ2v) is 6.86. The van der Waals surface area contributed by atoms with Crippen molar-refractivity contribution in [2.75, 3.05) is 13.1 Å². The lowest BCUT2D eigenvalue weighted by Crippen LogP contribution is -2.47. The number of fused-ring (bicyclic) bond motifs is 1. The minimum absolute atomic E-state index is 0.101. The molecule has 0 saturated heterocycles. The summed E-state index contributed by atoms with van der Waals surface area (Å²) in [5.74, 6) is 0. The Kier molecular flexibility index (Phi) is 4.97. The first-order valence-electron chi connectivity index (χ1n) is 8.96. The molecule has 0 bridgehead atoms. The third kappa shape index (κ3) is 3.48. The fourth-order valence-electron chi connectivity index (χ4n) is 3.55. The number of aromatic nitrogens is 2. The zero-order chi connectivity index (χ0) is 17.8. The fraction of sp³-hybridized carbons (Fsp3) is 0.238. The van der Waals surface area contributed by atoms with Gasteiger partial charge in [0.25, 0.3) is 0 Å². The molecule has 3 aromatic rings. The van der Waals surface area contributed by atoms with Gasteiger partial charge in [0.1, 0.15) is 0 Å². The number of thiocarbonyl (C=S) groups is 1. The molecule has 2 aromatic heterocycles. The quantitative estimate of drug-likeness (QED) is 0.721. The van der Waals surface area contributed by atoms with E-state index in [1.165, 1.54) is 16.8 Å². The van der Waals surface area contributed by atoms with Crippen molar-refractivity contribution in [3.05, 3.63) is 90.0 Å². The van der Waals surface area contributed by atoms with Gasteiger partial charge in [0.15, 0.2) is 5.11 Å². The minimum Gasteiger partial charge on any atom is -0.362 e. The van der Waals surface area contributed by atoms with Crippen molar-refractivity contribution in [3.63, 3.8) is 0 Å². The van der Waals surface area contributed by atoms with Gasteiger partial charge in [-0.3, -0.25) is 4.98 Å². The Morgan fingerprint density at radius 2 is 1.96 bits per heavy atom. The van der Waals surface area contributed by atoms with Crippen molar-refractivity contribution < 1.29 is 0 Å². The van der Waals surface area contributed by atoms with Gasteiger partial charge >= 0.3 is 0 Å². The topological polar surface area (TPSA) is 33.1 Å². The van der Waals surface area contributed by atoms with Gasteiger partial charge in [-0.15, -0.1) is 0 Å². The molecule has 1 N–H and O–H groups in total. The van der Waals surface area contributed by atoms with E-state index in [4.69, 9.17) is 12.2 Å². The maximum Gasteiger partial charge on any atom is 0.169 e. The highest BCUT2D eigenvalue weighted by Crippen LogP contribution is 2.31. The summed E-state index contributed by atoms with van der Waals surface area (Å²) in [5, 5.41) is 4.26. The van der Waals surface area contributed by atoms with Crippen LogP contribution in [0.4, 0.5) is 0 Å². The molecule has 1 aliphatic rings. The van der Waals surface area contributed by atoms with Crippen LogP contribution in [0.1, 0.15) is 22.9 Å². The second kappa shape index (κ2) is 7.70. The van der Waals surface area contributed by atoms with E-state index in [-0.39, 0.29) is 6.04 Å². The first-order valence-corrected chi connectivity index (χ1v) is 9.37. The highest BCUT2D eigenvalue weighted by molar-refractivity contribution is 7.80. The standard InChI is InChI=1S/C21H22N4S/c26-21(23-12-10-17-6-2-1-3-7-17)25-15-14-24-13-5-9-19(24)20(25)18-8-4-11-22-16-18/h1-9,11,13,16,20H,10,12,14-15H2,(H,23,26)/t20-/m0/s1. The first-order chi connectivity index (χ1) is 12.8. The van der Waals surface area contributed by atoms with Crippen molar-refractivity contribution in [3.8, 4) is 0 Å². The molecule has 1 atom stereocenters. The Hall–Kier alpha value is -2.66. The summed E-state index contributed by atoms with van der Waals surface area (Å²) in [6.07, 6.45) is 6.85. The summed E-state index contributed by atoms with van der Waals surface area (Å²) < 4.78 is 2.31. The molecule has 3 heterocycles. The van der Waals surface area contributed by atoms with Gasteiger partial charge in [0, 0.05) is 43.9 Å². The predicted molar refractivity (Wildman–Crippen MR) is 108 cm³/mol. The summed E-state index contributed by atoms with van der Waals surface area (Å²) in [6, 6.07) is 19.0. The molecule has 0 saturated carbocycles. The number of hydrogen-bond donors (Lipinski definition) is 1. The third-order valence-electron chi connectivity index (χ3n) is 4.83.